The molecule has 9 heteroatoms. The number of benzene rings is 4. The fourth-order valence-corrected chi connectivity index (χ4v) is 18.1. The molecule has 16 rings (SSSR count). The molecule has 9 aliphatic heterocycles. The number of fused-ring (bicyclic) bond motifs is 12. The van der Waals surface area contributed by atoms with Crippen molar-refractivity contribution in [3.63, 3.8) is 0 Å². The van der Waals surface area contributed by atoms with E-state index in [2.05, 4.69) is 167 Å². The third-order valence-corrected chi connectivity index (χ3v) is 21.8. The largest absolute Gasteiger partial charge is 0.363 e. The van der Waals surface area contributed by atoms with Gasteiger partial charge < -0.3 is 27.7 Å². The van der Waals surface area contributed by atoms with Crippen LogP contribution in [-0.2, 0) is 33.8 Å². The van der Waals surface area contributed by atoms with Crippen molar-refractivity contribution in [2.24, 2.45) is 35.5 Å². The summed E-state index contributed by atoms with van der Waals surface area (Å²) in [4.78, 5) is 14.6. The number of piperidine rings is 9. The predicted octanol–water partition coefficient (Wildman–Crippen LogP) is 14.9. The van der Waals surface area contributed by atoms with Crippen LogP contribution in [0.5, 0.6) is 0 Å². The van der Waals surface area contributed by atoms with Gasteiger partial charge in [0.2, 0.25) is 0 Å². The lowest BCUT2D eigenvalue weighted by Crippen LogP contribution is -2.68. The smallest absolute Gasteiger partial charge is 0.135 e. The second-order valence-electron chi connectivity index (χ2n) is 26.1. The molecular formula is C75H87N6O3+3. The Hall–Kier alpha value is -6.69. The van der Waals surface area contributed by atoms with Gasteiger partial charge in [-0.25, -0.2) is 0 Å². The highest BCUT2D eigenvalue weighted by Gasteiger charge is 2.58. The van der Waals surface area contributed by atoms with E-state index in [1.807, 2.05) is 36.8 Å². The molecule has 3 aromatic heterocycles. The summed E-state index contributed by atoms with van der Waals surface area (Å²) in [5, 5.41) is 3.51. The SMILES string of the molecule is C=CCO[C@@H](c1ccnc2ccccc12)[C@@H]1CC2CC[N+]1(Cc1cc(C[N+]34CCC(C[C@H]3[C@@H](OCC=C)c3ccnc5ccccc35)C(C=C)C4)cc(C[N+]34CCC(C[C@H]3[C@@H](OCC=C)c3ccnc5ccccc35)C(C=C)C4)c1)CC2C=C. The van der Waals surface area contributed by atoms with E-state index in [1.54, 1.807) is 0 Å². The molecule has 9 unspecified atom stereocenters. The number of aromatic nitrogens is 3. The molecule has 0 amide bonds. The number of pyridine rings is 3. The summed E-state index contributed by atoms with van der Waals surface area (Å²) in [5.74, 6) is 2.94. The highest BCUT2D eigenvalue weighted by molar-refractivity contribution is 5.84. The summed E-state index contributed by atoms with van der Waals surface area (Å²) in [6.07, 6.45) is 24.9. The van der Waals surface area contributed by atoms with Crippen molar-refractivity contribution >= 4 is 32.7 Å². The maximum Gasteiger partial charge on any atom is 0.135 e. The average molecular weight is 1120 g/mol. The van der Waals surface area contributed by atoms with Crippen LogP contribution >= 0.6 is 0 Å². The molecule has 0 radical (unpaired) electrons. The van der Waals surface area contributed by atoms with Gasteiger partial charge in [0.1, 0.15) is 56.1 Å². The average Bonchev–Trinajstić information content (AvgIpc) is 2.16. The first-order valence-corrected chi connectivity index (χ1v) is 31.5. The Morgan fingerprint density at radius 2 is 0.714 bits per heavy atom. The third-order valence-electron chi connectivity index (χ3n) is 21.8. The number of para-hydroxylation sites is 3. The van der Waals surface area contributed by atoms with Gasteiger partial charge in [-0.1, -0.05) is 91.1 Å². The number of nitrogens with zero attached hydrogens (tertiary/aromatic N) is 6. The summed E-state index contributed by atoms with van der Waals surface area (Å²) in [6, 6.07) is 41.1. The minimum Gasteiger partial charge on any atom is -0.363 e. The lowest BCUT2D eigenvalue weighted by molar-refractivity contribution is -0.986. The minimum absolute atomic E-state index is 0.144. The van der Waals surface area contributed by atoms with E-state index in [9.17, 15) is 0 Å². The van der Waals surface area contributed by atoms with Crippen molar-refractivity contribution in [2.75, 3.05) is 59.1 Å². The minimum atomic E-state index is -0.144. The molecule has 0 spiro atoms. The lowest BCUT2D eigenvalue weighted by Gasteiger charge is -2.59. The summed E-state index contributed by atoms with van der Waals surface area (Å²) in [5.41, 5.74) is 11.0. The number of rotatable bonds is 24. The number of hydrogen-bond donors (Lipinski definition) is 0. The summed E-state index contributed by atoms with van der Waals surface area (Å²) in [6.45, 7) is 36.7. The number of hydrogen-bond acceptors (Lipinski definition) is 6. The van der Waals surface area contributed by atoms with Crippen molar-refractivity contribution in [3.05, 3.63) is 237 Å². The zero-order valence-corrected chi connectivity index (χ0v) is 49.4. The van der Waals surface area contributed by atoms with Gasteiger partial charge in [0.15, 0.2) is 0 Å². The Kier molecular flexibility index (Phi) is 16.1. The maximum absolute atomic E-state index is 7.16. The summed E-state index contributed by atoms with van der Waals surface area (Å²) < 4.78 is 24.3. The molecule has 0 N–H and O–H groups in total. The standard InChI is InChI=1S/C75H87N6O3/c1-7-37-82-73(64-25-31-76-67-22-16-13-19-61(64)67)70-43-58-28-34-79(70,49-55(58)10-4)46-52-40-53(47-80-35-29-59(56(11-5)50-80)44-71(80)74(83-38-8-2)65-26-32-77-68-23-17-14-20-62(65)68)42-54(41-52)48-81-36-30-60(57(12-6)51-81)45-72(81)75(84-39-9-3)66-27-33-78-69-24-18-15-21-63(66)69/h7-27,31-33,40-42,55-60,70-75H,1-6,28-30,34-39,43-51H2/q+3/t55?,56?,57?,58?,59?,60?,70-,71-,72-,73-,74-,75-,79?,80?,81?/m0/s1. The van der Waals surface area contributed by atoms with Crippen LogP contribution in [0.15, 0.2) is 204 Å². The van der Waals surface area contributed by atoms with Crippen molar-refractivity contribution in [1.29, 1.82) is 0 Å². The molecule has 0 saturated carbocycles. The second-order valence-corrected chi connectivity index (χ2v) is 26.1. The highest BCUT2D eigenvalue weighted by Crippen LogP contribution is 2.53. The van der Waals surface area contributed by atoms with Gasteiger partial charge in [-0.05, 0) is 89.0 Å². The normalized spacial score (nSPS) is 30.6. The summed E-state index contributed by atoms with van der Waals surface area (Å²) >= 11 is 0. The lowest BCUT2D eigenvalue weighted by atomic mass is 9.70. The maximum atomic E-state index is 7.16. The fraction of sp³-hybridized carbons (Fsp3) is 0.400. The van der Waals surface area contributed by atoms with E-state index in [4.69, 9.17) is 29.2 Å². The first-order valence-electron chi connectivity index (χ1n) is 31.5. The van der Waals surface area contributed by atoms with E-state index >= 15 is 0 Å². The topological polar surface area (TPSA) is 66.4 Å². The number of quaternary nitrogens is 3. The van der Waals surface area contributed by atoms with Crippen molar-refractivity contribution in [2.45, 2.75) is 94.6 Å². The first kappa shape index (κ1) is 56.4. The molecule has 9 saturated heterocycles. The Morgan fingerprint density at radius 1 is 0.417 bits per heavy atom. The molecule has 9 fully saturated rings. The Balaban J connectivity index is 0.963. The monoisotopic (exact) mass is 1120 g/mol. The van der Waals surface area contributed by atoms with Gasteiger partial charge in [0.05, 0.1) is 75.6 Å². The van der Waals surface area contributed by atoms with Gasteiger partial charge in [-0.15, -0.1) is 39.5 Å². The van der Waals surface area contributed by atoms with E-state index in [1.165, 1.54) is 68.8 Å². The van der Waals surface area contributed by atoms with E-state index < -0.39 is 0 Å². The van der Waals surface area contributed by atoms with Gasteiger partial charge >= 0.3 is 0 Å². The molecule has 12 heterocycles. The van der Waals surface area contributed by atoms with E-state index in [0.29, 0.717) is 55.3 Å². The third kappa shape index (κ3) is 10.4. The van der Waals surface area contributed by atoms with Crippen LogP contribution in [0.3, 0.4) is 0 Å². The Labute approximate surface area is 499 Å². The van der Waals surface area contributed by atoms with Crippen LogP contribution in [-0.4, -0.2) is 106 Å². The predicted molar refractivity (Wildman–Crippen MR) is 340 cm³/mol. The van der Waals surface area contributed by atoms with E-state index in [0.717, 1.165) is 108 Å². The molecule has 84 heavy (non-hydrogen) atoms. The van der Waals surface area contributed by atoms with Crippen LogP contribution in [0, 0.1) is 35.5 Å². The van der Waals surface area contributed by atoms with Gasteiger partial charge in [0, 0.05) is 108 Å². The van der Waals surface area contributed by atoms with Crippen molar-refractivity contribution in [1.82, 2.24) is 15.0 Å². The molecule has 9 aliphatic rings. The molecule has 432 valence electrons. The molecule has 15 atom stereocenters. The molecule has 4 aromatic carbocycles. The second kappa shape index (κ2) is 24.0. The van der Waals surface area contributed by atoms with Crippen LogP contribution in [0.2, 0.25) is 0 Å². The molecular weight excluding hydrogens is 1030 g/mol. The molecule has 9 nitrogen and oxygen atoms in total. The van der Waals surface area contributed by atoms with Crippen LogP contribution in [0.4, 0.5) is 0 Å². The van der Waals surface area contributed by atoms with Crippen molar-refractivity contribution < 1.29 is 27.7 Å². The Bertz CT molecular complexity index is 3200. The number of ether oxygens (including phenoxy) is 3. The van der Waals surface area contributed by atoms with Gasteiger partial charge in [-0.2, -0.15) is 0 Å². The van der Waals surface area contributed by atoms with Gasteiger partial charge in [0.25, 0.3) is 0 Å². The molecule has 6 bridgehead atoms. The fourth-order valence-electron chi connectivity index (χ4n) is 18.1. The molecule has 0 aliphatic carbocycles. The van der Waals surface area contributed by atoms with Crippen LogP contribution < -0.4 is 0 Å². The van der Waals surface area contributed by atoms with Crippen molar-refractivity contribution in [3.8, 4) is 0 Å². The zero-order chi connectivity index (χ0) is 57.4. The quantitative estimate of drug-likeness (QED) is 0.0444. The summed E-state index contributed by atoms with van der Waals surface area (Å²) in [7, 11) is 0. The first-order chi connectivity index (χ1) is 41.2. The van der Waals surface area contributed by atoms with Crippen LogP contribution in [0.25, 0.3) is 32.7 Å². The van der Waals surface area contributed by atoms with Gasteiger partial charge in [-0.3, -0.25) is 15.0 Å². The Morgan fingerprint density at radius 3 is 1.00 bits per heavy atom. The van der Waals surface area contributed by atoms with Crippen LogP contribution in [0.1, 0.15) is 90.2 Å². The highest BCUT2D eigenvalue weighted by atomic mass is 16.5. The molecule has 7 aromatic rings. The van der Waals surface area contributed by atoms with E-state index in [-0.39, 0.29) is 36.4 Å². The zero-order valence-electron chi connectivity index (χ0n) is 49.4.